The van der Waals surface area contributed by atoms with Crippen LogP contribution in [0.2, 0.25) is 0 Å². The molecule has 9 heteroatoms. The number of rotatable bonds is 8. The molecule has 0 atom stereocenters. The molecule has 7 nitrogen and oxygen atoms in total. The number of hydrogen-bond donors (Lipinski definition) is 1. The van der Waals surface area contributed by atoms with E-state index in [1.807, 2.05) is 30.3 Å². The minimum Gasteiger partial charge on any atom is -0.420 e. The highest BCUT2D eigenvalue weighted by atomic mass is 32.2. The molecular weight excluding hydrogens is 334 g/mol. The summed E-state index contributed by atoms with van der Waals surface area (Å²) >= 11 is 3.01. The molecule has 0 unspecified atom stereocenters. The molecule has 1 aromatic carbocycles. The molecule has 2 aromatic heterocycles. The molecule has 0 fully saturated rings. The lowest BCUT2D eigenvalue weighted by molar-refractivity contribution is 0.211. The van der Waals surface area contributed by atoms with Crippen LogP contribution in [0.3, 0.4) is 0 Å². The second-order valence-electron chi connectivity index (χ2n) is 4.45. The molecule has 0 spiro atoms. The van der Waals surface area contributed by atoms with Gasteiger partial charge < -0.3 is 14.5 Å². The number of hydrogen-bond acceptors (Lipinski definition) is 9. The van der Waals surface area contributed by atoms with Gasteiger partial charge in [0, 0.05) is 19.2 Å². The zero-order valence-corrected chi connectivity index (χ0v) is 14.1. The first-order valence-electron chi connectivity index (χ1n) is 6.92. The maximum absolute atomic E-state index is 5.66. The molecule has 0 aliphatic heterocycles. The third-order valence-corrected chi connectivity index (χ3v) is 4.79. The van der Waals surface area contributed by atoms with Gasteiger partial charge in [0.25, 0.3) is 0 Å². The van der Waals surface area contributed by atoms with Gasteiger partial charge in [0.1, 0.15) is 0 Å². The molecule has 0 amide bonds. The Balaban J connectivity index is 1.54. The minimum absolute atomic E-state index is 0.528. The van der Waals surface area contributed by atoms with Gasteiger partial charge >= 0.3 is 0 Å². The number of anilines is 1. The molecule has 0 aliphatic rings. The average molecular weight is 349 g/mol. The number of thioether (sulfide) groups is 1. The van der Waals surface area contributed by atoms with Crippen molar-refractivity contribution in [2.24, 2.45) is 0 Å². The molecule has 3 rings (SSSR count). The standard InChI is InChI=1S/C14H15N5O2S2/c1-20-8-7-15-13-18-19-14(23-13)22-9-11-16-17-12(21-11)10-5-3-2-4-6-10/h2-6H,7-9H2,1H3,(H,15,18). The van der Waals surface area contributed by atoms with Crippen molar-refractivity contribution in [1.29, 1.82) is 0 Å². The van der Waals surface area contributed by atoms with Gasteiger partial charge in [0.05, 0.1) is 12.4 Å². The Morgan fingerprint density at radius 1 is 1.17 bits per heavy atom. The Kier molecular flexibility index (Phi) is 5.56. The summed E-state index contributed by atoms with van der Waals surface area (Å²) in [7, 11) is 1.66. The number of benzene rings is 1. The molecule has 120 valence electrons. The Bertz CT molecular complexity index is 732. The van der Waals surface area contributed by atoms with E-state index >= 15 is 0 Å². The number of ether oxygens (including phenoxy) is 1. The second kappa shape index (κ2) is 8.04. The van der Waals surface area contributed by atoms with Crippen LogP contribution in [0.1, 0.15) is 5.89 Å². The zero-order valence-electron chi connectivity index (χ0n) is 12.4. The van der Waals surface area contributed by atoms with Crippen LogP contribution >= 0.6 is 23.1 Å². The van der Waals surface area contributed by atoms with Crippen LogP contribution in [-0.2, 0) is 10.5 Å². The van der Waals surface area contributed by atoms with Gasteiger partial charge in [-0.3, -0.25) is 0 Å². The molecule has 0 bridgehead atoms. The normalized spacial score (nSPS) is 10.8. The lowest BCUT2D eigenvalue weighted by atomic mass is 10.2. The largest absolute Gasteiger partial charge is 0.420 e. The van der Waals surface area contributed by atoms with E-state index in [4.69, 9.17) is 9.15 Å². The summed E-state index contributed by atoms with van der Waals surface area (Å²) in [4.78, 5) is 0. The lowest BCUT2D eigenvalue weighted by Gasteiger charge is -1.98. The molecule has 0 radical (unpaired) electrons. The first-order valence-corrected chi connectivity index (χ1v) is 8.72. The summed E-state index contributed by atoms with van der Waals surface area (Å²) in [5.74, 6) is 1.66. The summed E-state index contributed by atoms with van der Waals surface area (Å²) < 4.78 is 11.5. The van der Waals surface area contributed by atoms with E-state index in [2.05, 4.69) is 25.7 Å². The average Bonchev–Trinajstić information content (AvgIpc) is 3.23. The number of methoxy groups -OCH3 is 1. The van der Waals surface area contributed by atoms with Crippen LogP contribution in [0.4, 0.5) is 5.13 Å². The molecule has 0 saturated heterocycles. The second-order valence-corrected chi connectivity index (χ2v) is 6.65. The van der Waals surface area contributed by atoms with Crippen molar-refractivity contribution < 1.29 is 9.15 Å². The van der Waals surface area contributed by atoms with E-state index in [1.54, 1.807) is 7.11 Å². The SMILES string of the molecule is COCCNc1nnc(SCc2nnc(-c3ccccc3)o2)s1. The molecule has 2 heterocycles. The molecule has 1 N–H and O–H groups in total. The predicted octanol–water partition coefficient (Wildman–Crippen LogP) is 2.94. The Labute approximate surface area is 141 Å². The van der Waals surface area contributed by atoms with Crippen LogP contribution in [0.25, 0.3) is 11.5 Å². The molecule has 3 aromatic rings. The van der Waals surface area contributed by atoms with Gasteiger partial charge in [-0.05, 0) is 12.1 Å². The van der Waals surface area contributed by atoms with Crippen LogP contribution < -0.4 is 5.32 Å². The van der Waals surface area contributed by atoms with E-state index in [9.17, 15) is 0 Å². The summed E-state index contributed by atoms with van der Waals surface area (Å²) in [6.07, 6.45) is 0. The van der Waals surface area contributed by atoms with Gasteiger partial charge in [-0.25, -0.2) is 0 Å². The van der Waals surface area contributed by atoms with E-state index in [1.165, 1.54) is 23.1 Å². The van der Waals surface area contributed by atoms with Crippen molar-refractivity contribution in [2.75, 3.05) is 25.6 Å². The fraction of sp³-hybridized carbons (Fsp3) is 0.286. The Morgan fingerprint density at radius 2 is 2.04 bits per heavy atom. The van der Waals surface area contributed by atoms with Crippen LogP contribution in [0.15, 0.2) is 39.1 Å². The Morgan fingerprint density at radius 3 is 2.87 bits per heavy atom. The third-order valence-electron chi connectivity index (χ3n) is 2.80. The van der Waals surface area contributed by atoms with Crippen molar-refractivity contribution in [2.45, 2.75) is 10.1 Å². The van der Waals surface area contributed by atoms with Gasteiger partial charge in [-0.1, -0.05) is 41.3 Å². The summed E-state index contributed by atoms with van der Waals surface area (Å²) in [5, 5.41) is 20.2. The number of nitrogens with one attached hydrogen (secondary N) is 1. The van der Waals surface area contributed by atoms with Crippen LogP contribution in [0, 0.1) is 0 Å². The summed E-state index contributed by atoms with van der Waals surface area (Å²) in [5.41, 5.74) is 0.914. The highest BCUT2D eigenvalue weighted by molar-refractivity contribution is 8.00. The number of nitrogens with zero attached hydrogens (tertiary/aromatic N) is 4. The minimum atomic E-state index is 0.528. The van der Waals surface area contributed by atoms with Crippen molar-refractivity contribution in [1.82, 2.24) is 20.4 Å². The first-order chi connectivity index (χ1) is 11.3. The van der Waals surface area contributed by atoms with Crippen LogP contribution in [-0.4, -0.2) is 40.7 Å². The molecule has 0 saturated carbocycles. The predicted molar refractivity (Wildman–Crippen MR) is 89.6 cm³/mol. The fourth-order valence-corrected chi connectivity index (χ4v) is 3.35. The smallest absolute Gasteiger partial charge is 0.247 e. The maximum Gasteiger partial charge on any atom is 0.247 e. The highest BCUT2D eigenvalue weighted by Gasteiger charge is 2.10. The number of aromatic nitrogens is 4. The maximum atomic E-state index is 5.66. The lowest BCUT2D eigenvalue weighted by Crippen LogP contribution is -2.06. The fourth-order valence-electron chi connectivity index (χ4n) is 1.73. The summed E-state index contributed by atoms with van der Waals surface area (Å²) in [6, 6.07) is 9.70. The van der Waals surface area contributed by atoms with E-state index < -0.39 is 0 Å². The third kappa shape index (κ3) is 4.50. The Hall–Kier alpha value is -1.97. The van der Waals surface area contributed by atoms with E-state index in [0.29, 0.717) is 30.7 Å². The van der Waals surface area contributed by atoms with Gasteiger partial charge in [-0.2, -0.15) is 0 Å². The quantitative estimate of drug-likeness (QED) is 0.491. The monoisotopic (exact) mass is 349 g/mol. The van der Waals surface area contributed by atoms with Gasteiger partial charge in [-0.15, -0.1) is 20.4 Å². The van der Waals surface area contributed by atoms with Crippen molar-refractivity contribution in [3.05, 3.63) is 36.2 Å². The molecule has 0 aliphatic carbocycles. The first kappa shape index (κ1) is 15.9. The van der Waals surface area contributed by atoms with Gasteiger partial charge in [0.15, 0.2) is 4.34 Å². The molecule has 23 heavy (non-hydrogen) atoms. The van der Waals surface area contributed by atoms with Crippen molar-refractivity contribution in [3.63, 3.8) is 0 Å². The van der Waals surface area contributed by atoms with Crippen molar-refractivity contribution in [3.8, 4) is 11.5 Å². The highest BCUT2D eigenvalue weighted by Crippen LogP contribution is 2.28. The topological polar surface area (TPSA) is 86.0 Å². The van der Waals surface area contributed by atoms with E-state index in [0.717, 1.165) is 15.0 Å². The van der Waals surface area contributed by atoms with Crippen molar-refractivity contribution >= 4 is 28.2 Å². The summed E-state index contributed by atoms with van der Waals surface area (Å²) in [6.45, 7) is 1.34. The van der Waals surface area contributed by atoms with Crippen LogP contribution in [0.5, 0.6) is 0 Å². The zero-order chi connectivity index (χ0) is 15.9. The molecular formula is C14H15N5O2S2. The van der Waals surface area contributed by atoms with Gasteiger partial charge in [0.2, 0.25) is 16.9 Å². The van der Waals surface area contributed by atoms with E-state index in [-0.39, 0.29) is 0 Å².